The first kappa shape index (κ1) is 14.9. The average Bonchev–Trinajstić information content (AvgIpc) is 2.62. The molecule has 0 aromatic heterocycles. The van der Waals surface area contributed by atoms with E-state index in [1.165, 1.54) is 0 Å². The molecular weight excluding hydrogens is 242 g/mol. The molecule has 1 aliphatic rings. The molecule has 1 unspecified atom stereocenters. The van der Waals surface area contributed by atoms with Crippen molar-refractivity contribution in [1.82, 2.24) is 5.32 Å². The summed E-state index contributed by atoms with van der Waals surface area (Å²) in [6.45, 7) is 2.89. The first-order valence-electron chi connectivity index (χ1n) is 6.14. The van der Waals surface area contributed by atoms with E-state index < -0.39 is 9.84 Å². The maximum atomic E-state index is 11.2. The van der Waals surface area contributed by atoms with Gasteiger partial charge in [-0.15, -0.1) is 0 Å². The molecule has 1 rings (SSSR count). The van der Waals surface area contributed by atoms with Crippen molar-refractivity contribution in [2.75, 3.05) is 45.0 Å². The summed E-state index contributed by atoms with van der Waals surface area (Å²) in [6.07, 6.45) is 2.77. The van der Waals surface area contributed by atoms with Crippen molar-refractivity contribution in [1.29, 1.82) is 0 Å². The molecule has 0 saturated carbocycles. The quantitative estimate of drug-likeness (QED) is 0.604. The number of hydrogen-bond donors (Lipinski definition) is 1. The number of methoxy groups -OCH3 is 1. The van der Waals surface area contributed by atoms with Crippen molar-refractivity contribution in [3.63, 3.8) is 0 Å². The van der Waals surface area contributed by atoms with Gasteiger partial charge in [0.15, 0.2) is 9.84 Å². The molecule has 1 saturated heterocycles. The van der Waals surface area contributed by atoms with Gasteiger partial charge < -0.3 is 14.8 Å². The Morgan fingerprint density at radius 2 is 2.06 bits per heavy atom. The second-order valence-corrected chi connectivity index (χ2v) is 6.60. The lowest BCUT2D eigenvalue weighted by atomic mass is 10.2. The highest BCUT2D eigenvalue weighted by atomic mass is 32.2. The maximum absolute atomic E-state index is 11.2. The molecule has 0 amide bonds. The molecule has 102 valence electrons. The molecule has 0 bridgehead atoms. The molecule has 1 fully saturated rings. The Hall–Kier alpha value is -0.170. The van der Waals surface area contributed by atoms with Gasteiger partial charge in [0, 0.05) is 19.8 Å². The van der Waals surface area contributed by atoms with E-state index in [2.05, 4.69) is 5.32 Å². The van der Waals surface area contributed by atoms with Crippen LogP contribution in [0.2, 0.25) is 0 Å². The number of sulfone groups is 1. The molecule has 1 aliphatic heterocycles. The Bertz CT molecular complexity index is 292. The second kappa shape index (κ2) is 8.02. The van der Waals surface area contributed by atoms with Crippen LogP contribution in [-0.4, -0.2) is 59.4 Å². The Balaban J connectivity index is 1.88. The van der Waals surface area contributed by atoms with Gasteiger partial charge in [0.25, 0.3) is 0 Å². The van der Waals surface area contributed by atoms with Crippen LogP contribution >= 0.6 is 0 Å². The zero-order valence-corrected chi connectivity index (χ0v) is 11.3. The van der Waals surface area contributed by atoms with E-state index in [0.29, 0.717) is 24.7 Å². The van der Waals surface area contributed by atoms with Gasteiger partial charge in [-0.3, -0.25) is 0 Å². The second-order valence-electron chi connectivity index (χ2n) is 4.37. The summed E-state index contributed by atoms with van der Waals surface area (Å²) in [5, 5.41) is 3.28. The molecule has 0 aromatic carbocycles. The Morgan fingerprint density at radius 3 is 2.71 bits per heavy atom. The van der Waals surface area contributed by atoms with Crippen molar-refractivity contribution in [2.24, 2.45) is 0 Å². The van der Waals surface area contributed by atoms with Crippen LogP contribution in [0.5, 0.6) is 0 Å². The van der Waals surface area contributed by atoms with Crippen LogP contribution in [0.3, 0.4) is 0 Å². The van der Waals surface area contributed by atoms with Gasteiger partial charge in [-0.25, -0.2) is 8.42 Å². The molecule has 0 aliphatic carbocycles. The predicted molar refractivity (Wildman–Crippen MR) is 67.0 cm³/mol. The Morgan fingerprint density at radius 1 is 1.24 bits per heavy atom. The summed E-state index contributed by atoms with van der Waals surface area (Å²) < 4.78 is 32.6. The lowest BCUT2D eigenvalue weighted by Crippen LogP contribution is -2.30. The molecule has 1 heterocycles. The summed E-state index contributed by atoms with van der Waals surface area (Å²) in [6, 6.07) is 0.161. The topological polar surface area (TPSA) is 64.6 Å². The molecule has 0 spiro atoms. The summed E-state index contributed by atoms with van der Waals surface area (Å²) in [4.78, 5) is 0. The van der Waals surface area contributed by atoms with Crippen LogP contribution in [0.1, 0.15) is 19.3 Å². The SMILES string of the molecule is COCCOCCCCNC1CCS(=O)(=O)C1. The van der Waals surface area contributed by atoms with Gasteiger partial charge >= 0.3 is 0 Å². The first-order chi connectivity index (χ1) is 8.14. The summed E-state index contributed by atoms with van der Waals surface area (Å²) in [5.41, 5.74) is 0. The van der Waals surface area contributed by atoms with E-state index >= 15 is 0 Å². The Kier molecular flexibility index (Phi) is 7.03. The van der Waals surface area contributed by atoms with Crippen molar-refractivity contribution in [3.05, 3.63) is 0 Å². The minimum atomic E-state index is -2.75. The van der Waals surface area contributed by atoms with Crippen LogP contribution in [0.4, 0.5) is 0 Å². The summed E-state index contributed by atoms with van der Waals surface area (Å²) in [5.74, 6) is 0.641. The first-order valence-corrected chi connectivity index (χ1v) is 7.97. The number of rotatable bonds is 9. The molecule has 0 radical (unpaired) electrons. The zero-order chi connectivity index (χ0) is 12.6. The normalized spacial score (nSPS) is 23.0. The highest BCUT2D eigenvalue weighted by Crippen LogP contribution is 2.10. The van der Waals surface area contributed by atoms with Gasteiger partial charge in [-0.05, 0) is 25.8 Å². The Labute approximate surface area is 104 Å². The summed E-state index contributed by atoms with van der Waals surface area (Å²) in [7, 11) is -1.10. The lowest BCUT2D eigenvalue weighted by molar-refractivity contribution is 0.0687. The highest BCUT2D eigenvalue weighted by Gasteiger charge is 2.26. The van der Waals surface area contributed by atoms with E-state index in [4.69, 9.17) is 9.47 Å². The van der Waals surface area contributed by atoms with Crippen LogP contribution < -0.4 is 5.32 Å². The minimum Gasteiger partial charge on any atom is -0.382 e. The number of hydrogen-bond acceptors (Lipinski definition) is 5. The molecule has 17 heavy (non-hydrogen) atoms. The fraction of sp³-hybridized carbons (Fsp3) is 1.00. The molecule has 5 nitrogen and oxygen atoms in total. The number of ether oxygens (including phenoxy) is 2. The highest BCUT2D eigenvalue weighted by molar-refractivity contribution is 7.91. The molecule has 0 aromatic rings. The van der Waals surface area contributed by atoms with E-state index in [-0.39, 0.29) is 6.04 Å². The minimum absolute atomic E-state index is 0.161. The molecular formula is C11H23NO4S. The largest absolute Gasteiger partial charge is 0.382 e. The molecule has 6 heteroatoms. The fourth-order valence-electron chi connectivity index (χ4n) is 1.84. The van der Waals surface area contributed by atoms with Gasteiger partial charge in [0.1, 0.15) is 0 Å². The smallest absolute Gasteiger partial charge is 0.151 e. The van der Waals surface area contributed by atoms with Gasteiger partial charge in [-0.1, -0.05) is 0 Å². The van der Waals surface area contributed by atoms with Crippen LogP contribution in [0, 0.1) is 0 Å². The maximum Gasteiger partial charge on any atom is 0.151 e. The van der Waals surface area contributed by atoms with Gasteiger partial charge in [-0.2, -0.15) is 0 Å². The zero-order valence-electron chi connectivity index (χ0n) is 10.5. The van der Waals surface area contributed by atoms with Gasteiger partial charge in [0.2, 0.25) is 0 Å². The third-order valence-corrected chi connectivity index (χ3v) is 4.58. The van der Waals surface area contributed by atoms with Crippen molar-refractivity contribution in [3.8, 4) is 0 Å². The van der Waals surface area contributed by atoms with Crippen molar-refractivity contribution in [2.45, 2.75) is 25.3 Å². The molecule has 1 N–H and O–H groups in total. The van der Waals surface area contributed by atoms with E-state index in [9.17, 15) is 8.42 Å². The molecule has 1 atom stereocenters. The van der Waals surface area contributed by atoms with E-state index in [1.807, 2.05) is 0 Å². The van der Waals surface area contributed by atoms with Crippen molar-refractivity contribution < 1.29 is 17.9 Å². The lowest BCUT2D eigenvalue weighted by Gasteiger charge is -2.10. The third kappa shape index (κ3) is 6.98. The monoisotopic (exact) mass is 265 g/mol. The summed E-state index contributed by atoms with van der Waals surface area (Å²) >= 11 is 0. The van der Waals surface area contributed by atoms with Crippen LogP contribution in [0.15, 0.2) is 0 Å². The van der Waals surface area contributed by atoms with Gasteiger partial charge in [0.05, 0.1) is 24.7 Å². The number of nitrogens with one attached hydrogen (secondary N) is 1. The number of unbranched alkanes of at least 4 members (excludes halogenated alkanes) is 1. The van der Waals surface area contributed by atoms with Crippen LogP contribution in [0.25, 0.3) is 0 Å². The standard InChI is InChI=1S/C11H23NO4S/c1-15-7-8-16-6-3-2-5-12-11-4-9-17(13,14)10-11/h11-12H,2-10H2,1H3. The van der Waals surface area contributed by atoms with Crippen molar-refractivity contribution >= 4 is 9.84 Å². The van der Waals surface area contributed by atoms with E-state index in [0.717, 1.165) is 32.4 Å². The third-order valence-electron chi connectivity index (χ3n) is 2.81. The predicted octanol–water partition coefficient (Wildman–Crippen LogP) is 0.206. The van der Waals surface area contributed by atoms with E-state index in [1.54, 1.807) is 7.11 Å². The average molecular weight is 265 g/mol. The fourth-order valence-corrected chi connectivity index (χ4v) is 3.54. The van der Waals surface area contributed by atoms with Crippen LogP contribution in [-0.2, 0) is 19.3 Å².